The van der Waals surface area contributed by atoms with Crippen molar-refractivity contribution in [2.24, 2.45) is 5.92 Å². The molecular formula is C30H37NO8. The Bertz CT molecular complexity index is 1220. The Morgan fingerprint density at radius 3 is 2.51 bits per heavy atom. The number of hydrogen-bond donors (Lipinski definition) is 1. The molecule has 1 N–H and O–H groups in total. The first kappa shape index (κ1) is 28.3. The van der Waals surface area contributed by atoms with Crippen molar-refractivity contribution in [1.29, 1.82) is 0 Å². The summed E-state index contributed by atoms with van der Waals surface area (Å²) in [5.74, 6) is 0.920. The van der Waals surface area contributed by atoms with Crippen molar-refractivity contribution in [2.75, 3.05) is 46.7 Å². The van der Waals surface area contributed by atoms with Crippen molar-refractivity contribution in [3.05, 3.63) is 53.1 Å². The minimum atomic E-state index is -0.820. The highest BCUT2D eigenvalue weighted by atomic mass is 16.6. The lowest BCUT2D eigenvalue weighted by molar-refractivity contribution is -0.140. The average molecular weight is 540 g/mol. The van der Waals surface area contributed by atoms with Crippen molar-refractivity contribution in [3.8, 4) is 23.0 Å². The Morgan fingerprint density at radius 1 is 1.03 bits per heavy atom. The Labute approximate surface area is 229 Å². The zero-order valence-electron chi connectivity index (χ0n) is 23.0. The normalized spacial score (nSPS) is 18.1. The molecule has 2 aromatic carbocycles. The first-order chi connectivity index (χ1) is 18.8. The summed E-state index contributed by atoms with van der Waals surface area (Å²) in [6, 6.07) is 9.52. The molecule has 1 unspecified atom stereocenters. The maximum Gasteiger partial charge on any atom is 0.295 e. The largest absolute Gasteiger partial charge is 0.507 e. The molecule has 2 aliphatic heterocycles. The van der Waals surface area contributed by atoms with Gasteiger partial charge in [0.05, 0.1) is 24.8 Å². The summed E-state index contributed by atoms with van der Waals surface area (Å²) in [6.45, 7) is 8.60. The van der Waals surface area contributed by atoms with Gasteiger partial charge in [-0.15, -0.1) is 0 Å². The Balaban J connectivity index is 1.77. The molecule has 9 nitrogen and oxygen atoms in total. The number of aliphatic hydroxyl groups is 1. The molecule has 0 spiro atoms. The second-order valence-electron chi connectivity index (χ2n) is 9.87. The number of aliphatic hydroxyl groups excluding tert-OH is 1. The van der Waals surface area contributed by atoms with Gasteiger partial charge in [0.1, 0.15) is 19.0 Å². The third kappa shape index (κ3) is 6.30. The molecule has 2 aliphatic rings. The Hall–Kier alpha value is -3.72. The van der Waals surface area contributed by atoms with Crippen LogP contribution in [0.15, 0.2) is 42.0 Å². The molecule has 210 valence electrons. The molecule has 0 bridgehead atoms. The lowest BCUT2D eigenvalue weighted by atomic mass is 9.94. The number of fused-ring (bicyclic) bond motifs is 1. The fraction of sp³-hybridized carbons (Fsp3) is 0.467. The van der Waals surface area contributed by atoms with Crippen molar-refractivity contribution >= 4 is 17.4 Å². The van der Waals surface area contributed by atoms with E-state index in [0.717, 1.165) is 6.42 Å². The zero-order valence-corrected chi connectivity index (χ0v) is 23.0. The predicted octanol–water partition coefficient (Wildman–Crippen LogP) is 4.74. The number of carbonyl (C=O) groups excluding carboxylic acids is 2. The van der Waals surface area contributed by atoms with Crippen molar-refractivity contribution in [1.82, 2.24) is 4.90 Å². The fourth-order valence-electron chi connectivity index (χ4n) is 4.67. The fourth-order valence-corrected chi connectivity index (χ4v) is 4.67. The molecule has 39 heavy (non-hydrogen) atoms. The number of hydrogen-bond acceptors (Lipinski definition) is 8. The van der Waals surface area contributed by atoms with Crippen molar-refractivity contribution in [3.63, 3.8) is 0 Å². The van der Waals surface area contributed by atoms with Crippen LogP contribution in [0, 0.1) is 5.92 Å². The van der Waals surface area contributed by atoms with Crippen LogP contribution < -0.4 is 18.9 Å². The molecule has 0 aliphatic carbocycles. The predicted molar refractivity (Wildman–Crippen MR) is 145 cm³/mol. The number of benzene rings is 2. The molecule has 9 heteroatoms. The number of Topliss-reactive ketones (excluding diaryl/α,β-unsaturated/α-hetero) is 1. The third-order valence-electron chi connectivity index (χ3n) is 6.64. The summed E-state index contributed by atoms with van der Waals surface area (Å²) < 4.78 is 28.3. The number of nitrogens with zero attached hydrogens (tertiary/aromatic N) is 1. The topological polar surface area (TPSA) is 104 Å². The minimum absolute atomic E-state index is 0.00465. The van der Waals surface area contributed by atoms with Gasteiger partial charge in [0.2, 0.25) is 0 Å². The number of rotatable bonds is 12. The minimum Gasteiger partial charge on any atom is -0.507 e. The van der Waals surface area contributed by atoms with E-state index in [-0.39, 0.29) is 17.9 Å². The van der Waals surface area contributed by atoms with Gasteiger partial charge in [-0.2, -0.15) is 0 Å². The Morgan fingerprint density at radius 2 is 1.79 bits per heavy atom. The van der Waals surface area contributed by atoms with E-state index in [9.17, 15) is 14.7 Å². The number of carbonyl (C=O) groups is 2. The highest BCUT2D eigenvalue weighted by Gasteiger charge is 2.46. The van der Waals surface area contributed by atoms with Crippen LogP contribution in [-0.2, 0) is 14.3 Å². The summed E-state index contributed by atoms with van der Waals surface area (Å²) in [4.78, 5) is 28.1. The van der Waals surface area contributed by atoms with Crippen LogP contribution >= 0.6 is 0 Å². The number of ether oxygens (including phenoxy) is 5. The molecule has 0 saturated carbocycles. The van der Waals surface area contributed by atoms with Gasteiger partial charge in [0, 0.05) is 25.8 Å². The quantitative estimate of drug-likeness (QED) is 0.179. The van der Waals surface area contributed by atoms with E-state index in [1.165, 1.54) is 4.90 Å². The van der Waals surface area contributed by atoms with Gasteiger partial charge in [-0.3, -0.25) is 9.59 Å². The van der Waals surface area contributed by atoms with Gasteiger partial charge < -0.3 is 33.7 Å². The summed E-state index contributed by atoms with van der Waals surface area (Å²) in [5.41, 5.74) is 0.994. The van der Waals surface area contributed by atoms with E-state index in [4.69, 9.17) is 23.7 Å². The Kier molecular flexibility index (Phi) is 9.35. The lowest BCUT2D eigenvalue weighted by Gasteiger charge is -2.26. The zero-order chi connectivity index (χ0) is 27.9. The summed E-state index contributed by atoms with van der Waals surface area (Å²) in [5, 5.41) is 11.4. The van der Waals surface area contributed by atoms with Crippen molar-refractivity contribution < 1.29 is 38.4 Å². The monoisotopic (exact) mass is 539 g/mol. The average Bonchev–Trinajstić information content (AvgIpc) is 3.18. The lowest BCUT2D eigenvalue weighted by Crippen LogP contribution is -2.31. The van der Waals surface area contributed by atoms with Crippen LogP contribution in [0.2, 0.25) is 0 Å². The van der Waals surface area contributed by atoms with E-state index in [1.54, 1.807) is 37.4 Å². The summed E-state index contributed by atoms with van der Waals surface area (Å²) in [6.07, 6.45) is 1.42. The van der Waals surface area contributed by atoms with Crippen LogP contribution in [0.4, 0.5) is 0 Å². The first-order valence-electron chi connectivity index (χ1n) is 13.4. The van der Waals surface area contributed by atoms with E-state index >= 15 is 0 Å². The van der Waals surface area contributed by atoms with Gasteiger partial charge >= 0.3 is 0 Å². The van der Waals surface area contributed by atoms with Gasteiger partial charge in [-0.05, 0) is 61.6 Å². The number of methoxy groups -OCH3 is 1. The van der Waals surface area contributed by atoms with Crippen LogP contribution in [0.1, 0.15) is 50.8 Å². The van der Waals surface area contributed by atoms with E-state index in [0.29, 0.717) is 79.5 Å². The van der Waals surface area contributed by atoms with Crippen LogP contribution in [0.5, 0.6) is 23.0 Å². The second-order valence-corrected chi connectivity index (χ2v) is 9.87. The molecule has 1 amide bonds. The molecule has 0 aromatic heterocycles. The molecule has 4 rings (SSSR count). The molecule has 2 heterocycles. The third-order valence-corrected chi connectivity index (χ3v) is 6.64. The molecular weight excluding hydrogens is 502 g/mol. The maximum absolute atomic E-state index is 13.4. The van der Waals surface area contributed by atoms with Gasteiger partial charge in [-0.25, -0.2) is 0 Å². The van der Waals surface area contributed by atoms with Crippen molar-refractivity contribution in [2.45, 2.75) is 39.7 Å². The van der Waals surface area contributed by atoms with Gasteiger partial charge in [-0.1, -0.05) is 19.9 Å². The van der Waals surface area contributed by atoms with E-state index < -0.39 is 17.7 Å². The molecule has 2 aromatic rings. The van der Waals surface area contributed by atoms with Crippen LogP contribution in [0.3, 0.4) is 0 Å². The number of likely N-dealkylation sites (tertiary alicyclic amines) is 1. The molecule has 0 radical (unpaired) electrons. The molecule has 1 saturated heterocycles. The smallest absolute Gasteiger partial charge is 0.295 e. The molecule has 1 atom stereocenters. The summed E-state index contributed by atoms with van der Waals surface area (Å²) >= 11 is 0. The van der Waals surface area contributed by atoms with E-state index in [1.807, 2.05) is 13.0 Å². The van der Waals surface area contributed by atoms with Gasteiger partial charge in [0.25, 0.3) is 11.7 Å². The SMILES string of the molecule is CCOc1cc(C2C(=C(O)c3ccc4c(c3)OCCO4)C(=O)C(=O)N2CCCOC)ccc1OCCC(C)C. The van der Waals surface area contributed by atoms with Gasteiger partial charge in [0.15, 0.2) is 23.0 Å². The maximum atomic E-state index is 13.4. The van der Waals surface area contributed by atoms with Crippen LogP contribution in [0.25, 0.3) is 5.76 Å². The van der Waals surface area contributed by atoms with Crippen LogP contribution in [-0.4, -0.2) is 68.4 Å². The first-order valence-corrected chi connectivity index (χ1v) is 13.4. The number of ketones is 1. The standard InChI is InChI=1S/C30H37NO8/c1-5-36-24-17-20(7-9-22(24)37-14-11-19(2)3)27-26(29(33)30(34)31(27)12-6-13-35-4)28(32)21-8-10-23-25(18-21)39-16-15-38-23/h7-10,17-19,27,32H,5-6,11-16H2,1-4H3. The van der Waals surface area contributed by atoms with E-state index in [2.05, 4.69) is 13.8 Å². The highest BCUT2D eigenvalue weighted by molar-refractivity contribution is 6.46. The highest BCUT2D eigenvalue weighted by Crippen LogP contribution is 2.43. The summed E-state index contributed by atoms with van der Waals surface area (Å²) in [7, 11) is 1.58. The number of amides is 1. The molecule has 1 fully saturated rings. The second kappa shape index (κ2) is 12.9.